The Balaban J connectivity index is 2.42. The van der Waals surface area contributed by atoms with Crippen LogP contribution in [0.2, 0.25) is 0 Å². The highest BCUT2D eigenvalue weighted by molar-refractivity contribution is 5.45. The molecule has 100 valence electrons. The van der Waals surface area contributed by atoms with Gasteiger partial charge in [0.25, 0.3) is 0 Å². The molecule has 0 unspecified atom stereocenters. The summed E-state index contributed by atoms with van der Waals surface area (Å²) >= 11 is 0. The number of nitrogens with one attached hydrogen (secondary N) is 1. The van der Waals surface area contributed by atoms with Crippen molar-refractivity contribution in [2.75, 3.05) is 6.54 Å². The van der Waals surface area contributed by atoms with E-state index in [1.165, 1.54) is 0 Å². The SMILES string of the molecule is CC(C)c1cc2c(cc1OC(F)(F)F)CCNC2. The van der Waals surface area contributed by atoms with E-state index in [9.17, 15) is 13.2 Å². The first-order valence-corrected chi connectivity index (χ1v) is 5.99. The van der Waals surface area contributed by atoms with Crippen LogP contribution in [-0.2, 0) is 13.0 Å². The van der Waals surface area contributed by atoms with Crippen LogP contribution in [-0.4, -0.2) is 12.9 Å². The van der Waals surface area contributed by atoms with Crippen molar-refractivity contribution >= 4 is 0 Å². The van der Waals surface area contributed by atoms with Gasteiger partial charge in [-0.1, -0.05) is 19.9 Å². The summed E-state index contributed by atoms with van der Waals surface area (Å²) in [5.41, 5.74) is 2.62. The van der Waals surface area contributed by atoms with E-state index < -0.39 is 6.36 Å². The maximum absolute atomic E-state index is 12.4. The predicted octanol–water partition coefficient (Wildman–Crippen LogP) is 3.35. The second kappa shape index (κ2) is 4.80. The van der Waals surface area contributed by atoms with Crippen molar-refractivity contribution in [1.82, 2.24) is 5.32 Å². The van der Waals surface area contributed by atoms with Gasteiger partial charge in [-0.2, -0.15) is 0 Å². The first-order valence-electron chi connectivity index (χ1n) is 5.99. The second-order valence-electron chi connectivity index (χ2n) is 4.79. The van der Waals surface area contributed by atoms with Gasteiger partial charge in [0.15, 0.2) is 0 Å². The Morgan fingerprint density at radius 2 is 1.94 bits per heavy atom. The van der Waals surface area contributed by atoms with Gasteiger partial charge in [0.2, 0.25) is 0 Å². The van der Waals surface area contributed by atoms with E-state index in [-0.39, 0.29) is 11.7 Å². The van der Waals surface area contributed by atoms with Crippen molar-refractivity contribution in [2.45, 2.75) is 39.1 Å². The molecule has 0 fully saturated rings. The van der Waals surface area contributed by atoms with Crippen LogP contribution >= 0.6 is 0 Å². The summed E-state index contributed by atoms with van der Waals surface area (Å²) in [6.45, 7) is 5.23. The molecule has 1 aromatic carbocycles. The minimum Gasteiger partial charge on any atom is -0.405 e. The van der Waals surface area contributed by atoms with Crippen LogP contribution in [0.25, 0.3) is 0 Å². The summed E-state index contributed by atoms with van der Waals surface area (Å²) in [7, 11) is 0. The van der Waals surface area contributed by atoms with E-state index in [1.54, 1.807) is 6.07 Å². The van der Waals surface area contributed by atoms with Crippen molar-refractivity contribution < 1.29 is 17.9 Å². The molecule has 0 saturated carbocycles. The van der Waals surface area contributed by atoms with Crippen LogP contribution in [0.1, 0.15) is 36.5 Å². The molecular weight excluding hydrogens is 243 g/mol. The van der Waals surface area contributed by atoms with Crippen LogP contribution in [0.5, 0.6) is 5.75 Å². The molecule has 0 radical (unpaired) electrons. The molecule has 0 aliphatic carbocycles. The number of rotatable bonds is 2. The lowest BCUT2D eigenvalue weighted by Gasteiger charge is -2.22. The van der Waals surface area contributed by atoms with Gasteiger partial charge in [-0.05, 0) is 41.6 Å². The number of hydrogen-bond acceptors (Lipinski definition) is 2. The number of benzene rings is 1. The minimum atomic E-state index is -4.63. The number of fused-ring (bicyclic) bond motifs is 1. The summed E-state index contributed by atoms with van der Waals surface area (Å²) in [6, 6.07) is 3.37. The summed E-state index contributed by atoms with van der Waals surface area (Å²) in [5, 5.41) is 3.21. The average molecular weight is 259 g/mol. The smallest absolute Gasteiger partial charge is 0.405 e. The van der Waals surface area contributed by atoms with E-state index >= 15 is 0 Å². The normalized spacial score (nSPS) is 15.7. The Morgan fingerprint density at radius 3 is 2.56 bits per heavy atom. The van der Waals surface area contributed by atoms with E-state index in [4.69, 9.17) is 0 Å². The molecule has 5 heteroatoms. The number of halogens is 3. The highest BCUT2D eigenvalue weighted by atomic mass is 19.4. The standard InChI is InChI=1S/C13H16F3NO/c1-8(2)11-5-10-7-17-4-3-9(10)6-12(11)18-13(14,15)16/h5-6,8,17H,3-4,7H2,1-2H3. The van der Waals surface area contributed by atoms with Gasteiger partial charge >= 0.3 is 6.36 Å². The zero-order valence-electron chi connectivity index (χ0n) is 10.4. The molecule has 0 atom stereocenters. The van der Waals surface area contributed by atoms with Crippen molar-refractivity contribution in [2.24, 2.45) is 0 Å². The lowest BCUT2D eigenvalue weighted by Crippen LogP contribution is -2.25. The van der Waals surface area contributed by atoms with Gasteiger partial charge in [0.1, 0.15) is 5.75 Å². The number of ether oxygens (including phenoxy) is 1. The Bertz CT molecular complexity index is 441. The summed E-state index contributed by atoms with van der Waals surface area (Å²) in [4.78, 5) is 0. The third-order valence-electron chi connectivity index (χ3n) is 3.07. The van der Waals surface area contributed by atoms with Crippen LogP contribution in [0.15, 0.2) is 12.1 Å². The van der Waals surface area contributed by atoms with Gasteiger partial charge in [0.05, 0.1) is 0 Å². The molecule has 0 amide bonds. The van der Waals surface area contributed by atoms with Crippen LogP contribution in [0, 0.1) is 0 Å². The van der Waals surface area contributed by atoms with Gasteiger partial charge in [-0.3, -0.25) is 0 Å². The molecule has 0 aromatic heterocycles. The largest absolute Gasteiger partial charge is 0.573 e. The molecule has 1 aromatic rings. The Labute approximate surface area is 104 Å². The number of hydrogen-bond donors (Lipinski definition) is 1. The van der Waals surface area contributed by atoms with Crippen molar-refractivity contribution in [3.8, 4) is 5.75 Å². The van der Waals surface area contributed by atoms with Crippen LogP contribution in [0.4, 0.5) is 13.2 Å². The summed E-state index contributed by atoms with van der Waals surface area (Å²) < 4.78 is 41.3. The Morgan fingerprint density at radius 1 is 1.22 bits per heavy atom. The van der Waals surface area contributed by atoms with E-state index in [2.05, 4.69) is 10.1 Å². The van der Waals surface area contributed by atoms with Gasteiger partial charge in [-0.15, -0.1) is 13.2 Å². The molecule has 2 nitrogen and oxygen atoms in total. The minimum absolute atomic E-state index is 0.00502. The van der Waals surface area contributed by atoms with Crippen LogP contribution in [0.3, 0.4) is 0 Å². The average Bonchev–Trinajstić information content (AvgIpc) is 2.25. The zero-order valence-corrected chi connectivity index (χ0v) is 10.4. The molecule has 1 aliphatic heterocycles. The van der Waals surface area contributed by atoms with Gasteiger partial charge in [0, 0.05) is 6.54 Å². The highest BCUT2D eigenvalue weighted by Crippen LogP contribution is 2.34. The predicted molar refractivity (Wildman–Crippen MR) is 62.6 cm³/mol. The van der Waals surface area contributed by atoms with Crippen molar-refractivity contribution in [3.63, 3.8) is 0 Å². The first-order chi connectivity index (χ1) is 8.37. The zero-order chi connectivity index (χ0) is 13.3. The fourth-order valence-corrected chi connectivity index (χ4v) is 2.19. The highest BCUT2D eigenvalue weighted by Gasteiger charge is 2.33. The van der Waals surface area contributed by atoms with Gasteiger partial charge < -0.3 is 10.1 Å². The maximum atomic E-state index is 12.4. The van der Waals surface area contributed by atoms with E-state index in [0.717, 1.165) is 24.1 Å². The van der Waals surface area contributed by atoms with E-state index in [1.807, 2.05) is 19.9 Å². The van der Waals surface area contributed by atoms with Gasteiger partial charge in [-0.25, -0.2) is 0 Å². The maximum Gasteiger partial charge on any atom is 0.573 e. The summed E-state index contributed by atoms with van der Waals surface area (Å²) in [6.07, 6.45) is -3.90. The quantitative estimate of drug-likeness (QED) is 0.879. The molecule has 1 heterocycles. The fraction of sp³-hybridized carbons (Fsp3) is 0.538. The fourth-order valence-electron chi connectivity index (χ4n) is 2.19. The molecule has 1 N–H and O–H groups in total. The molecular formula is C13H16F3NO. The monoisotopic (exact) mass is 259 g/mol. The molecule has 2 rings (SSSR count). The van der Waals surface area contributed by atoms with Crippen molar-refractivity contribution in [1.29, 1.82) is 0 Å². The summed E-state index contributed by atoms with van der Waals surface area (Å²) in [5.74, 6) is -0.0623. The number of alkyl halides is 3. The van der Waals surface area contributed by atoms with E-state index in [0.29, 0.717) is 12.1 Å². The lowest BCUT2D eigenvalue weighted by molar-refractivity contribution is -0.275. The molecule has 0 spiro atoms. The topological polar surface area (TPSA) is 21.3 Å². The lowest BCUT2D eigenvalue weighted by atomic mass is 9.93. The van der Waals surface area contributed by atoms with Crippen LogP contribution < -0.4 is 10.1 Å². The molecule has 1 aliphatic rings. The van der Waals surface area contributed by atoms with Crippen molar-refractivity contribution in [3.05, 3.63) is 28.8 Å². The third-order valence-corrected chi connectivity index (χ3v) is 3.07. The Kier molecular flexibility index (Phi) is 3.52. The first kappa shape index (κ1) is 13.2. The third kappa shape index (κ3) is 2.96. The molecule has 18 heavy (non-hydrogen) atoms. The second-order valence-corrected chi connectivity index (χ2v) is 4.79. The molecule has 0 saturated heterocycles. The Hall–Kier alpha value is -1.23. The molecule has 0 bridgehead atoms.